The third-order valence-electron chi connectivity index (χ3n) is 3.76. The minimum absolute atomic E-state index is 0.00712. The van der Waals surface area contributed by atoms with Crippen molar-refractivity contribution < 1.29 is 34.2 Å². The normalized spacial score (nSPS) is 15.1. The molecule has 28 heavy (non-hydrogen) atoms. The van der Waals surface area contributed by atoms with Crippen LogP contribution in [-0.4, -0.2) is 64.0 Å². The molecule has 0 radical (unpaired) electrons. The number of carbonyl (C=O) groups excluding carboxylic acids is 3. The molecule has 0 aromatic carbocycles. The largest absolute Gasteiger partial charge is 0.481 e. The molecule has 0 saturated heterocycles. The number of hydrogen-bond acceptors (Lipinski definition) is 6. The van der Waals surface area contributed by atoms with Crippen LogP contribution >= 0.6 is 0 Å². The monoisotopic (exact) mass is 402 g/mol. The predicted octanol–water partition coefficient (Wildman–Crippen LogP) is -1.20. The van der Waals surface area contributed by atoms with Gasteiger partial charge >= 0.3 is 11.9 Å². The van der Waals surface area contributed by atoms with Gasteiger partial charge in [-0.15, -0.1) is 0 Å². The second-order valence-electron chi connectivity index (χ2n) is 7.04. The molecule has 160 valence electrons. The lowest BCUT2D eigenvalue weighted by molar-refractivity contribution is -0.141. The number of amides is 3. The summed E-state index contributed by atoms with van der Waals surface area (Å²) < 4.78 is 0. The highest BCUT2D eigenvalue weighted by atomic mass is 16.4. The van der Waals surface area contributed by atoms with E-state index < -0.39 is 53.8 Å². The summed E-state index contributed by atoms with van der Waals surface area (Å²) in [6, 6.07) is -4.31. The first-order chi connectivity index (χ1) is 12.8. The highest BCUT2D eigenvalue weighted by Gasteiger charge is 2.29. The summed E-state index contributed by atoms with van der Waals surface area (Å²) in [5.74, 6) is -4.47. The SMILES string of the molecule is CC(C)CC(NC(=O)C(CCC(=O)O)NC(=O)C(C)N)C(=O)NC(C)C(=O)O. The molecule has 0 aromatic heterocycles. The van der Waals surface area contributed by atoms with Crippen LogP contribution in [0.4, 0.5) is 0 Å². The van der Waals surface area contributed by atoms with E-state index in [1.807, 2.05) is 13.8 Å². The molecule has 0 aliphatic heterocycles. The molecule has 11 nitrogen and oxygen atoms in total. The Bertz CT molecular complexity index is 592. The van der Waals surface area contributed by atoms with Crippen LogP contribution in [0.2, 0.25) is 0 Å². The number of carboxylic acid groups (broad SMARTS) is 2. The van der Waals surface area contributed by atoms with Crippen molar-refractivity contribution in [2.45, 2.75) is 71.1 Å². The van der Waals surface area contributed by atoms with Crippen LogP contribution in [0.1, 0.15) is 47.0 Å². The fraction of sp³-hybridized carbons (Fsp3) is 0.706. The van der Waals surface area contributed by atoms with Gasteiger partial charge in [0.15, 0.2) is 0 Å². The van der Waals surface area contributed by atoms with Crippen LogP contribution < -0.4 is 21.7 Å². The lowest BCUT2D eigenvalue weighted by atomic mass is 10.0. The van der Waals surface area contributed by atoms with E-state index in [9.17, 15) is 24.0 Å². The van der Waals surface area contributed by atoms with Gasteiger partial charge in [-0.1, -0.05) is 13.8 Å². The number of carbonyl (C=O) groups is 5. The van der Waals surface area contributed by atoms with Crippen LogP contribution in [0, 0.1) is 5.92 Å². The minimum atomic E-state index is -1.23. The number of carboxylic acids is 2. The molecule has 0 heterocycles. The molecule has 0 saturated carbocycles. The van der Waals surface area contributed by atoms with Crippen LogP contribution in [0.15, 0.2) is 0 Å². The molecule has 0 bridgehead atoms. The van der Waals surface area contributed by atoms with Gasteiger partial charge in [-0.2, -0.15) is 0 Å². The molecule has 11 heteroatoms. The Labute approximate surface area is 163 Å². The van der Waals surface area contributed by atoms with Crippen molar-refractivity contribution in [1.82, 2.24) is 16.0 Å². The smallest absolute Gasteiger partial charge is 0.325 e. The van der Waals surface area contributed by atoms with Crippen LogP contribution in [0.3, 0.4) is 0 Å². The topological polar surface area (TPSA) is 188 Å². The molecular weight excluding hydrogens is 372 g/mol. The fourth-order valence-corrected chi connectivity index (χ4v) is 2.19. The zero-order valence-electron chi connectivity index (χ0n) is 16.5. The lowest BCUT2D eigenvalue weighted by Gasteiger charge is -2.25. The highest BCUT2D eigenvalue weighted by Crippen LogP contribution is 2.07. The number of hydrogen-bond donors (Lipinski definition) is 6. The molecule has 0 rings (SSSR count). The number of nitrogens with two attached hydrogens (primary N) is 1. The second kappa shape index (κ2) is 11.9. The van der Waals surface area contributed by atoms with E-state index >= 15 is 0 Å². The Hall–Kier alpha value is -2.69. The summed E-state index contributed by atoms with van der Waals surface area (Å²) in [6.45, 7) is 6.32. The Morgan fingerprint density at radius 2 is 1.32 bits per heavy atom. The molecule has 7 N–H and O–H groups in total. The summed E-state index contributed by atoms with van der Waals surface area (Å²) >= 11 is 0. The Kier molecular flexibility index (Phi) is 10.8. The number of rotatable bonds is 12. The van der Waals surface area contributed by atoms with Gasteiger partial charge in [0.25, 0.3) is 0 Å². The van der Waals surface area contributed by atoms with E-state index in [0.29, 0.717) is 0 Å². The van der Waals surface area contributed by atoms with Crippen LogP contribution in [0.25, 0.3) is 0 Å². The van der Waals surface area contributed by atoms with Gasteiger partial charge in [0.1, 0.15) is 18.1 Å². The van der Waals surface area contributed by atoms with Crippen molar-refractivity contribution in [2.24, 2.45) is 11.7 Å². The molecule has 0 spiro atoms. The molecule has 0 aromatic rings. The van der Waals surface area contributed by atoms with Gasteiger partial charge in [-0.3, -0.25) is 24.0 Å². The van der Waals surface area contributed by atoms with Gasteiger partial charge in [-0.25, -0.2) is 0 Å². The van der Waals surface area contributed by atoms with E-state index in [1.54, 1.807) is 0 Å². The third-order valence-corrected chi connectivity index (χ3v) is 3.76. The molecule has 0 aliphatic rings. The van der Waals surface area contributed by atoms with Gasteiger partial charge in [-0.05, 0) is 32.6 Å². The van der Waals surface area contributed by atoms with Crippen molar-refractivity contribution >= 4 is 29.7 Å². The summed E-state index contributed by atoms with van der Waals surface area (Å²) in [5, 5.41) is 24.9. The maximum Gasteiger partial charge on any atom is 0.325 e. The molecular formula is C17H30N4O7. The van der Waals surface area contributed by atoms with Gasteiger partial charge in [0, 0.05) is 6.42 Å². The van der Waals surface area contributed by atoms with E-state index in [1.165, 1.54) is 13.8 Å². The molecule has 0 aliphatic carbocycles. The zero-order chi connectivity index (χ0) is 22.0. The molecule has 3 amide bonds. The first-order valence-corrected chi connectivity index (χ1v) is 8.96. The van der Waals surface area contributed by atoms with E-state index in [4.69, 9.17) is 15.9 Å². The maximum atomic E-state index is 12.6. The Morgan fingerprint density at radius 1 is 0.821 bits per heavy atom. The van der Waals surface area contributed by atoms with Gasteiger partial charge in [0.05, 0.1) is 6.04 Å². The van der Waals surface area contributed by atoms with E-state index in [0.717, 1.165) is 0 Å². The third kappa shape index (κ3) is 9.86. The summed E-state index contributed by atoms with van der Waals surface area (Å²) in [5.41, 5.74) is 5.46. The quantitative estimate of drug-likeness (QED) is 0.235. The number of aliphatic carboxylic acids is 2. The first-order valence-electron chi connectivity index (χ1n) is 8.96. The first kappa shape index (κ1) is 25.3. The summed E-state index contributed by atoms with van der Waals surface area (Å²) in [6.07, 6.45) is -0.355. The lowest BCUT2D eigenvalue weighted by Crippen LogP contribution is -2.56. The van der Waals surface area contributed by atoms with Gasteiger partial charge < -0.3 is 31.9 Å². The van der Waals surface area contributed by atoms with Crippen LogP contribution in [0.5, 0.6) is 0 Å². The van der Waals surface area contributed by atoms with Crippen molar-refractivity contribution in [1.29, 1.82) is 0 Å². The minimum Gasteiger partial charge on any atom is -0.481 e. The van der Waals surface area contributed by atoms with Crippen molar-refractivity contribution in [3.63, 3.8) is 0 Å². The molecule has 0 fully saturated rings. The molecule has 4 unspecified atom stereocenters. The standard InChI is InChI=1S/C17H30N4O7/c1-8(2)7-12(16(26)19-10(4)17(27)28)21-15(25)11(5-6-13(22)23)20-14(24)9(3)18/h8-12H,5-7,18H2,1-4H3,(H,19,26)(H,20,24)(H,21,25)(H,22,23)(H,27,28). The van der Waals surface area contributed by atoms with Crippen LogP contribution in [-0.2, 0) is 24.0 Å². The van der Waals surface area contributed by atoms with Crippen molar-refractivity contribution in [2.75, 3.05) is 0 Å². The van der Waals surface area contributed by atoms with E-state index in [2.05, 4.69) is 16.0 Å². The Balaban J connectivity index is 5.30. The average Bonchev–Trinajstić information content (AvgIpc) is 2.56. The fourth-order valence-electron chi connectivity index (χ4n) is 2.19. The maximum absolute atomic E-state index is 12.6. The van der Waals surface area contributed by atoms with Gasteiger partial charge in [0.2, 0.25) is 17.7 Å². The number of nitrogens with one attached hydrogen (secondary N) is 3. The van der Waals surface area contributed by atoms with E-state index in [-0.39, 0.29) is 25.2 Å². The van der Waals surface area contributed by atoms with Crippen molar-refractivity contribution in [3.05, 3.63) is 0 Å². The average molecular weight is 402 g/mol. The summed E-state index contributed by atoms with van der Waals surface area (Å²) in [4.78, 5) is 58.5. The molecule has 4 atom stereocenters. The Morgan fingerprint density at radius 3 is 1.75 bits per heavy atom. The second-order valence-corrected chi connectivity index (χ2v) is 7.04. The zero-order valence-corrected chi connectivity index (χ0v) is 16.5. The van der Waals surface area contributed by atoms with Crippen molar-refractivity contribution in [3.8, 4) is 0 Å². The highest BCUT2D eigenvalue weighted by molar-refractivity contribution is 5.94. The predicted molar refractivity (Wildman–Crippen MR) is 99.1 cm³/mol. The summed E-state index contributed by atoms with van der Waals surface area (Å²) in [7, 11) is 0.